The molecule has 0 spiro atoms. The Labute approximate surface area is 105 Å². The zero-order valence-electron chi connectivity index (χ0n) is 10.8. The fraction of sp³-hybridized carbons (Fsp3) is 1.00. The zero-order valence-corrected chi connectivity index (χ0v) is 11.7. The lowest BCUT2D eigenvalue weighted by Crippen LogP contribution is -2.33. The van der Waals surface area contributed by atoms with Crippen LogP contribution in [0.4, 0.5) is 0 Å². The van der Waals surface area contributed by atoms with E-state index in [2.05, 4.69) is 24.0 Å². The van der Waals surface area contributed by atoms with Gasteiger partial charge in [-0.2, -0.15) is 11.8 Å². The van der Waals surface area contributed by atoms with Gasteiger partial charge in [-0.15, -0.1) is 0 Å². The molecular weight excluding hydrogens is 218 g/mol. The smallest absolute Gasteiger partial charge is 0.0627 e. The highest BCUT2D eigenvalue weighted by Gasteiger charge is 2.15. The molecule has 96 valence electrons. The van der Waals surface area contributed by atoms with E-state index in [4.69, 9.17) is 4.74 Å². The van der Waals surface area contributed by atoms with Crippen molar-refractivity contribution in [1.82, 2.24) is 5.32 Å². The number of hydrogen-bond acceptors (Lipinski definition) is 3. The second kappa shape index (κ2) is 9.32. The molecule has 0 aliphatic heterocycles. The highest BCUT2D eigenvalue weighted by Crippen LogP contribution is 2.28. The van der Waals surface area contributed by atoms with E-state index in [1.807, 2.05) is 7.05 Å². The molecule has 1 aliphatic rings. The summed E-state index contributed by atoms with van der Waals surface area (Å²) < 4.78 is 5.60. The van der Waals surface area contributed by atoms with Gasteiger partial charge in [-0.05, 0) is 26.3 Å². The minimum absolute atomic E-state index is 0.526. The predicted octanol–water partition coefficient (Wildman–Crippen LogP) is 3.07. The first-order valence-electron chi connectivity index (χ1n) is 6.73. The zero-order chi connectivity index (χ0) is 11.6. The minimum Gasteiger partial charge on any atom is -0.380 e. The topological polar surface area (TPSA) is 21.3 Å². The van der Waals surface area contributed by atoms with E-state index in [0.29, 0.717) is 6.04 Å². The highest BCUT2D eigenvalue weighted by molar-refractivity contribution is 7.99. The summed E-state index contributed by atoms with van der Waals surface area (Å²) in [7, 11) is 2.04. The van der Waals surface area contributed by atoms with Crippen LogP contribution in [0.5, 0.6) is 0 Å². The molecule has 1 atom stereocenters. The van der Waals surface area contributed by atoms with Crippen molar-refractivity contribution in [2.45, 2.75) is 56.7 Å². The van der Waals surface area contributed by atoms with Crippen molar-refractivity contribution in [3.63, 3.8) is 0 Å². The van der Waals surface area contributed by atoms with Gasteiger partial charge in [0.2, 0.25) is 0 Å². The van der Waals surface area contributed by atoms with Gasteiger partial charge in [0.1, 0.15) is 0 Å². The van der Waals surface area contributed by atoms with E-state index < -0.39 is 0 Å². The molecule has 0 heterocycles. The molecule has 1 fully saturated rings. The van der Waals surface area contributed by atoms with Crippen LogP contribution in [0.3, 0.4) is 0 Å². The van der Waals surface area contributed by atoms with Crippen molar-refractivity contribution in [3.05, 3.63) is 0 Å². The molecule has 0 aromatic carbocycles. The Kier molecular flexibility index (Phi) is 8.34. The average molecular weight is 245 g/mol. The monoisotopic (exact) mass is 245 g/mol. The molecule has 0 amide bonds. The Morgan fingerprint density at radius 2 is 2.06 bits per heavy atom. The molecule has 0 radical (unpaired) electrons. The minimum atomic E-state index is 0.526. The van der Waals surface area contributed by atoms with Crippen LogP contribution in [0.15, 0.2) is 0 Å². The van der Waals surface area contributed by atoms with Crippen molar-refractivity contribution in [2.75, 3.05) is 26.0 Å². The first-order valence-corrected chi connectivity index (χ1v) is 7.78. The molecule has 0 saturated heterocycles. The van der Waals surface area contributed by atoms with Gasteiger partial charge in [-0.3, -0.25) is 0 Å². The van der Waals surface area contributed by atoms with Crippen molar-refractivity contribution >= 4 is 11.8 Å². The van der Waals surface area contributed by atoms with Crippen LogP contribution < -0.4 is 5.32 Å². The number of rotatable bonds is 8. The van der Waals surface area contributed by atoms with Crippen LogP contribution >= 0.6 is 11.8 Å². The van der Waals surface area contributed by atoms with Gasteiger partial charge in [0.25, 0.3) is 0 Å². The van der Waals surface area contributed by atoms with Gasteiger partial charge in [-0.1, -0.05) is 26.2 Å². The largest absolute Gasteiger partial charge is 0.380 e. The predicted molar refractivity (Wildman–Crippen MR) is 73.3 cm³/mol. The number of thioether (sulfide) groups is 1. The summed E-state index contributed by atoms with van der Waals surface area (Å²) in [6.45, 7) is 3.92. The maximum Gasteiger partial charge on any atom is 0.0627 e. The number of ether oxygens (including phenoxy) is 1. The number of likely N-dealkylation sites (N-methyl/N-ethyl adjacent to an activating group) is 1. The summed E-state index contributed by atoms with van der Waals surface area (Å²) in [6.07, 6.45) is 8.30. The standard InChI is InChI=1S/C13H27NOS/c1-3-9-15-10-12(14-2)11-16-13-7-5-4-6-8-13/h12-14H,3-11H2,1-2H3. The Morgan fingerprint density at radius 3 is 2.69 bits per heavy atom. The van der Waals surface area contributed by atoms with Crippen molar-refractivity contribution < 1.29 is 4.74 Å². The SMILES string of the molecule is CCCOCC(CSC1CCCCC1)NC. The van der Waals surface area contributed by atoms with Crippen molar-refractivity contribution in [3.8, 4) is 0 Å². The van der Waals surface area contributed by atoms with Gasteiger partial charge in [-0.25, -0.2) is 0 Å². The van der Waals surface area contributed by atoms with Crippen LogP contribution in [-0.2, 0) is 4.74 Å². The summed E-state index contributed by atoms with van der Waals surface area (Å²) in [5.74, 6) is 1.20. The quantitative estimate of drug-likeness (QED) is 0.664. The highest BCUT2D eigenvalue weighted by atomic mass is 32.2. The normalized spacial score (nSPS) is 19.9. The van der Waals surface area contributed by atoms with Crippen molar-refractivity contribution in [2.24, 2.45) is 0 Å². The van der Waals surface area contributed by atoms with Gasteiger partial charge < -0.3 is 10.1 Å². The van der Waals surface area contributed by atoms with Crippen LogP contribution in [0, 0.1) is 0 Å². The Bertz CT molecular complexity index is 160. The van der Waals surface area contributed by atoms with E-state index in [9.17, 15) is 0 Å². The lowest BCUT2D eigenvalue weighted by atomic mass is 10.0. The van der Waals surface area contributed by atoms with E-state index in [1.54, 1.807) is 0 Å². The molecule has 0 aromatic rings. The molecule has 2 nitrogen and oxygen atoms in total. The van der Waals surface area contributed by atoms with Gasteiger partial charge in [0.15, 0.2) is 0 Å². The summed E-state index contributed by atoms with van der Waals surface area (Å²) >= 11 is 2.15. The van der Waals surface area contributed by atoms with E-state index in [1.165, 1.54) is 37.9 Å². The molecule has 1 saturated carbocycles. The molecule has 16 heavy (non-hydrogen) atoms. The maximum atomic E-state index is 5.60. The average Bonchev–Trinajstić information content (AvgIpc) is 2.35. The van der Waals surface area contributed by atoms with E-state index in [-0.39, 0.29) is 0 Å². The molecule has 1 N–H and O–H groups in total. The Hall–Kier alpha value is 0.270. The van der Waals surface area contributed by atoms with Gasteiger partial charge in [0.05, 0.1) is 6.61 Å². The molecule has 1 rings (SSSR count). The van der Waals surface area contributed by atoms with Crippen LogP contribution in [0.1, 0.15) is 45.4 Å². The molecule has 0 aromatic heterocycles. The third-order valence-corrected chi connectivity index (χ3v) is 4.70. The number of hydrogen-bond donors (Lipinski definition) is 1. The summed E-state index contributed by atoms with van der Waals surface area (Å²) in [5, 5.41) is 4.27. The second-order valence-electron chi connectivity index (χ2n) is 4.65. The van der Waals surface area contributed by atoms with Gasteiger partial charge in [0, 0.05) is 23.7 Å². The fourth-order valence-corrected chi connectivity index (χ4v) is 3.50. The fourth-order valence-electron chi connectivity index (χ4n) is 2.07. The molecule has 1 unspecified atom stereocenters. The first kappa shape index (κ1) is 14.3. The van der Waals surface area contributed by atoms with Crippen molar-refractivity contribution in [1.29, 1.82) is 0 Å². The first-order chi connectivity index (χ1) is 7.86. The van der Waals surface area contributed by atoms with Gasteiger partial charge >= 0.3 is 0 Å². The summed E-state index contributed by atoms with van der Waals surface area (Å²) in [6, 6.07) is 0.526. The molecule has 3 heteroatoms. The Morgan fingerprint density at radius 1 is 1.31 bits per heavy atom. The maximum absolute atomic E-state index is 5.60. The Balaban J connectivity index is 2.07. The van der Waals surface area contributed by atoms with E-state index >= 15 is 0 Å². The summed E-state index contributed by atoms with van der Waals surface area (Å²) in [4.78, 5) is 0. The lowest BCUT2D eigenvalue weighted by Gasteiger charge is -2.23. The molecular formula is C13H27NOS. The third kappa shape index (κ3) is 6.12. The van der Waals surface area contributed by atoms with E-state index in [0.717, 1.165) is 24.9 Å². The van der Waals surface area contributed by atoms with Crippen LogP contribution in [-0.4, -0.2) is 37.3 Å². The summed E-state index contributed by atoms with van der Waals surface area (Å²) in [5.41, 5.74) is 0. The van der Waals surface area contributed by atoms with Crippen LogP contribution in [0.25, 0.3) is 0 Å². The third-order valence-electron chi connectivity index (χ3n) is 3.16. The van der Waals surface area contributed by atoms with Crippen LogP contribution in [0.2, 0.25) is 0 Å². The second-order valence-corrected chi connectivity index (χ2v) is 5.99. The lowest BCUT2D eigenvalue weighted by molar-refractivity contribution is 0.119. The number of nitrogens with one attached hydrogen (secondary N) is 1. The molecule has 0 bridgehead atoms. The molecule has 1 aliphatic carbocycles.